The number of amides is 2. The van der Waals surface area contributed by atoms with Crippen LogP contribution >= 0.6 is 23.2 Å². The number of para-hydroxylation sites is 2. The zero-order valence-electron chi connectivity index (χ0n) is 15.5. The largest absolute Gasteiger partial charge is 0.323 e. The summed E-state index contributed by atoms with van der Waals surface area (Å²) in [6.07, 6.45) is 0. The van der Waals surface area contributed by atoms with Gasteiger partial charge in [0.15, 0.2) is 0 Å². The number of halogens is 2. The lowest BCUT2D eigenvalue weighted by Gasteiger charge is -2.13. The number of urea groups is 1. The highest BCUT2D eigenvalue weighted by Gasteiger charge is 2.20. The summed E-state index contributed by atoms with van der Waals surface area (Å²) in [4.78, 5) is 22.5. The topological polar surface area (TPSA) is 144 Å². The molecule has 160 valence electrons. The van der Waals surface area contributed by atoms with Crippen LogP contribution in [0.5, 0.6) is 0 Å². The molecule has 0 aliphatic carbocycles. The monoisotopic (exact) mass is 480 g/mol. The maximum Gasteiger partial charge on any atom is 0.323 e. The van der Waals surface area contributed by atoms with Gasteiger partial charge < -0.3 is 10.6 Å². The first kappa shape index (κ1) is 22.5. The molecule has 0 heterocycles. The summed E-state index contributed by atoms with van der Waals surface area (Å²) in [6, 6.07) is 13.6. The molecule has 0 saturated heterocycles. The minimum absolute atomic E-state index is 0.0167. The van der Waals surface area contributed by atoms with Gasteiger partial charge in [0, 0.05) is 17.3 Å². The molecule has 4 N–H and O–H groups in total. The van der Waals surface area contributed by atoms with Crippen LogP contribution in [0.15, 0.2) is 65.6 Å². The molecule has 0 atom stereocenters. The molecule has 2 amide bonds. The summed E-state index contributed by atoms with van der Waals surface area (Å²) in [5.74, 6) is 0. The number of anilines is 2. The average Bonchev–Trinajstić information content (AvgIpc) is 2.70. The summed E-state index contributed by atoms with van der Waals surface area (Å²) in [5.41, 5.74) is 0.660. The van der Waals surface area contributed by atoms with E-state index in [4.69, 9.17) is 28.3 Å². The molecule has 3 aromatic rings. The number of hydrogen-bond acceptors (Lipinski definition) is 5. The van der Waals surface area contributed by atoms with Crippen LogP contribution in [0.2, 0.25) is 10.0 Å². The molecule has 12 heteroatoms. The van der Waals surface area contributed by atoms with Crippen LogP contribution in [0.1, 0.15) is 0 Å². The Kier molecular flexibility index (Phi) is 6.46. The van der Waals surface area contributed by atoms with Gasteiger partial charge in [-0.2, -0.15) is 0 Å². The van der Waals surface area contributed by atoms with E-state index >= 15 is 0 Å². The fraction of sp³-hybridized carbons (Fsp3) is 0. The molecule has 0 radical (unpaired) electrons. The fourth-order valence-electron chi connectivity index (χ4n) is 2.78. The van der Waals surface area contributed by atoms with E-state index in [2.05, 4.69) is 10.6 Å². The molecule has 0 unspecified atom stereocenters. The molecule has 0 bridgehead atoms. The zero-order chi connectivity index (χ0) is 22.8. The van der Waals surface area contributed by atoms with Crippen molar-refractivity contribution in [2.24, 2.45) is 5.14 Å². The SMILES string of the molecule is NS(=O)(=O)c1ccc(Cl)c(Cl)c1-c1ccc(NC(=O)Nc2ccccc2[N+](=O)[O-])cc1. The van der Waals surface area contributed by atoms with Crippen molar-refractivity contribution < 1.29 is 18.1 Å². The number of nitrogens with one attached hydrogen (secondary N) is 2. The third-order valence-corrected chi connectivity index (χ3v) is 5.90. The number of benzene rings is 3. The van der Waals surface area contributed by atoms with E-state index in [-0.39, 0.29) is 31.9 Å². The Morgan fingerprint density at radius 3 is 2.23 bits per heavy atom. The van der Waals surface area contributed by atoms with E-state index in [1.165, 1.54) is 54.6 Å². The molecule has 31 heavy (non-hydrogen) atoms. The molecule has 3 aromatic carbocycles. The van der Waals surface area contributed by atoms with Crippen LogP contribution in [-0.4, -0.2) is 19.4 Å². The van der Waals surface area contributed by atoms with Gasteiger partial charge >= 0.3 is 6.03 Å². The highest BCUT2D eigenvalue weighted by atomic mass is 35.5. The van der Waals surface area contributed by atoms with Gasteiger partial charge in [0.1, 0.15) is 5.69 Å². The lowest BCUT2D eigenvalue weighted by atomic mass is 10.1. The van der Waals surface area contributed by atoms with Crippen LogP contribution in [0.3, 0.4) is 0 Å². The Labute approximate surface area is 187 Å². The van der Waals surface area contributed by atoms with Gasteiger partial charge in [-0.3, -0.25) is 10.1 Å². The van der Waals surface area contributed by atoms with Crippen LogP contribution in [0, 0.1) is 10.1 Å². The number of carbonyl (C=O) groups is 1. The Balaban J connectivity index is 1.85. The average molecular weight is 481 g/mol. The first-order valence-electron chi connectivity index (χ1n) is 8.50. The van der Waals surface area contributed by atoms with Crippen molar-refractivity contribution in [2.75, 3.05) is 10.6 Å². The Bertz CT molecular complexity index is 1280. The maximum absolute atomic E-state index is 12.2. The van der Waals surface area contributed by atoms with Crippen molar-refractivity contribution in [1.82, 2.24) is 0 Å². The van der Waals surface area contributed by atoms with E-state index in [1.807, 2.05) is 0 Å². The van der Waals surface area contributed by atoms with Gasteiger partial charge in [-0.1, -0.05) is 47.5 Å². The van der Waals surface area contributed by atoms with E-state index < -0.39 is 21.0 Å². The number of nitrogens with two attached hydrogens (primary N) is 1. The Hall–Kier alpha value is -3.18. The third-order valence-electron chi connectivity index (χ3n) is 4.14. The predicted molar refractivity (Wildman–Crippen MR) is 119 cm³/mol. The number of nitro groups is 1. The minimum Gasteiger partial charge on any atom is -0.308 e. The fourth-order valence-corrected chi connectivity index (χ4v) is 4.03. The minimum atomic E-state index is -4.07. The summed E-state index contributed by atoms with van der Waals surface area (Å²) in [7, 11) is -4.07. The van der Waals surface area contributed by atoms with Crippen molar-refractivity contribution in [1.29, 1.82) is 0 Å². The molecular weight excluding hydrogens is 467 g/mol. The number of primary sulfonamides is 1. The molecule has 0 aromatic heterocycles. The number of sulfonamides is 1. The molecule has 0 spiro atoms. The van der Waals surface area contributed by atoms with Crippen LogP contribution in [-0.2, 0) is 10.0 Å². The smallest absolute Gasteiger partial charge is 0.308 e. The maximum atomic E-state index is 12.2. The summed E-state index contributed by atoms with van der Waals surface area (Å²) in [5, 5.41) is 21.4. The second-order valence-corrected chi connectivity index (χ2v) is 8.53. The van der Waals surface area contributed by atoms with Crippen molar-refractivity contribution in [3.8, 4) is 11.1 Å². The molecule has 0 aliphatic heterocycles. The van der Waals surface area contributed by atoms with Crippen molar-refractivity contribution in [3.05, 3.63) is 80.8 Å². The predicted octanol–water partition coefficient (Wildman–Crippen LogP) is 4.86. The lowest BCUT2D eigenvalue weighted by molar-refractivity contribution is -0.383. The van der Waals surface area contributed by atoms with Crippen LogP contribution < -0.4 is 15.8 Å². The van der Waals surface area contributed by atoms with Gasteiger partial charge in [0.2, 0.25) is 10.0 Å². The Morgan fingerprint density at radius 2 is 1.61 bits per heavy atom. The molecule has 9 nitrogen and oxygen atoms in total. The highest BCUT2D eigenvalue weighted by Crippen LogP contribution is 2.38. The first-order chi connectivity index (χ1) is 14.6. The number of nitro benzene ring substituents is 1. The van der Waals surface area contributed by atoms with Crippen molar-refractivity contribution in [3.63, 3.8) is 0 Å². The molecule has 3 rings (SSSR count). The summed E-state index contributed by atoms with van der Waals surface area (Å²) >= 11 is 12.2. The molecule has 0 saturated carbocycles. The number of rotatable bonds is 5. The second-order valence-electron chi connectivity index (χ2n) is 6.21. The van der Waals surface area contributed by atoms with Crippen molar-refractivity contribution >= 4 is 56.3 Å². The normalized spacial score (nSPS) is 11.1. The lowest BCUT2D eigenvalue weighted by Crippen LogP contribution is -2.20. The number of hydrogen-bond donors (Lipinski definition) is 3. The second kappa shape index (κ2) is 8.90. The van der Waals surface area contributed by atoms with Gasteiger partial charge in [-0.25, -0.2) is 18.4 Å². The molecule has 0 fully saturated rings. The number of carbonyl (C=O) groups excluding carboxylic acids is 1. The highest BCUT2D eigenvalue weighted by molar-refractivity contribution is 7.89. The van der Waals surface area contributed by atoms with Gasteiger partial charge in [-0.05, 0) is 35.9 Å². The van der Waals surface area contributed by atoms with Crippen LogP contribution in [0.25, 0.3) is 11.1 Å². The third kappa shape index (κ3) is 5.12. The first-order valence-corrected chi connectivity index (χ1v) is 10.8. The van der Waals surface area contributed by atoms with Crippen LogP contribution in [0.4, 0.5) is 21.9 Å². The van der Waals surface area contributed by atoms with Gasteiger partial charge in [0.25, 0.3) is 5.69 Å². The Morgan fingerprint density at radius 1 is 0.968 bits per heavy atom. The molecule has 0 aliphatic rings. The van der Waals surface area contributed by atoms with E-state index in [0.29, 0.717) is 11.3 Å². The summed E-state index contributed by atoms with van der Waals surface area (Å²) < 4.78 is 23.8. The van der Waals surface area contributed by atoms with Gasteiger partial charge in [0.05, 0.1) is 19.9 Å². The van der Waals surface area contributed by atoms with E-state index in [1.54, 1.807) is 6.07 Å². The van der Waals surface area contributed by atoms with E-state index in [9.17, 15) is 23.3 Å². The number of nitrogens with zero attached hydrogens (tertiary/aromatic N) is 1. The van der Waals surface area contributed by atoms with Gasteiger partial charge in [-0.15, -0.1) is 0 Å². The zero-order valence-corrected chi connectivity index (χ0v) is 17.8. The standard InChI is InChI=1S/C19H14Cl2N4O5S/c20-13-9-10-16(31(22,29)30)17(18(13)21)11-5-7-12(8-6-11)23-19(26)24-14-3-1-2-4-15(14)25(27)28/h1-10H,(H2,22,29,30)(H2,23,24,26). The quantitative estimate of drug-likeness (QED) is 0.352. The summed E-state index contributed by atoms with van der Waals surface area (Å²) in [6.45, 7) is 0. The van der Waals surface area contributed by atoms with E-state index in [0.717, 1.165) is 0 Å². The van der Waals surface area contributed by atoms with Crippen molar-refractivity contribution in [2.45, 2.75) is 4.90 Å². The molecular formula is C19H14Cl2N4O5S.